The summed E-state index contributed by atoms with van der Waals surface area (Å²) < 4.78 is 83.2. The number of imidazole rings is 1. The van der Waals surface area contributed by atoms with Gasteiger partial charge in [0, 0.05) is 54.0 Å². The minimum Gasteiger partial charge on any atom is -0.510 e. The number of ether oxygens (including phenoxy) is 1. The van der Waals surface area contributed by atoms with Crippen molar-refractivity contribution in [2.75, 3.05) is 0 Å². The molecule has 0 spiro atoms. The molecule has 0 saturated heterocycles. The molecule has 11 aromatic carbocycles. The summed E-state index contributed by atoms with van der Waals surface area (Å²) in [5.41, 5.74) is 13.0. The van der Waals surface area contributed by atoms with Crippen LogP contribution in [0, 0.1) is 25.3 Å². The third-order valence-electron chi connectivity index (χ3n) is 17.2. The van der Waals surface area contributed by atoms with Crippen LogP contribution >= 0.6 is 0 Å². The van der Waals surface area contributed by atoms with E-state index in [1.165, 1.54) is 39.0 Å². The van der Waals surface area contributed by atoms with Gasteiger partial charge in [-0.3, -0.25) is 4.57 Å². The first-order chi connectivity index (χ1) is 45.6. The average Bonchev–Trinajstić information content (AvgIpc) is 0.917. The smallest absolute Gasteiger partial charge is 0.268 e. The first-order valence-electron chi connectivity index (χ1n) is 33.4. The number of para-hydroxylation sites is 1. The van der Waals surface area contributed by atoms with Crippen molar-refractivity contribution in [1.29, 1.82) is 0 Å². The molecule has 15 rings (SSSR count). The van der Waals surface area contributed by atoms with Crippen molar-refractivity contribution < 1.29 is 41.3 Å². The van der Waals surface area contributed by atoms with Crippen LogP contribution < -0.4 is 30.1 Å². The van der Waals surface area contributed by atoms with E-state index in [1.807, 2.05) is 53.1 Å². The van der Waals surface area contributed by atoms with E-state index in [0.717, 1.165) is 66.1 Å². The number of rotatable bonds is 9. The Morgan fingerprint density at radius 2 is 1.10 bits per heavy atom. The number of aromatic nitrogens is 4. The number of benzene rings is 11. The van der Waals surface area contributed by atoms with Gasteiger partial charge in [0.25, 0.3) is 6.33 Å². The number of hydrogen-bond acceptors (Lipinski definition) is 2. The quantitative estimate of drug-likeness (QED) is 0.0625. The van der Waals surface area contributed by atoms with Gasteiger partial charge < -0.3 is 13.9 Å². The van der Waals surface area contributed by atoms with Crippen LogP contribution in [0.5, 0.6) is 11.5 Å². The Balaban J connectivity index is 0.00000792. The maximum absolute atomic E-state index is 8.94. The van der Waals surface area contributed by atoms with Gasteiger partial charge >= 0.3 is 0 Å². The molecule has 0 bridgehead atoms. The number of pyridine rings is 1. The summed E-state index contributed by atoms with van der Waals surface area (Å²) in [6, 6.07) is 82.8. The Hall–Kier alpha value is -9.45. The predicted molar refractivity (Wildman–Crippen MR) is 361 cm³/mol. The summed E-state index contributed by atoms with van der Waals surface area (Å²) in [5.74, 6) is 0.958. The summed E-state index contributed by atoms with van der Waals surface area (Å²) in [6.45, 7) is 10.9. The maximum atomic E-state index is 8.94. The summed E-state index contributed by atoms with van der Waals surface area (Å²) in [6.07, 6.45) is 5.23. The molecule has 14 aromatic rings. The largest absolute Gasteiger partial charge is 0.510 e. The van der Waals surface area contributed by atoms with Crippen LogP contribution in [0.25, 0.3) is 94.5 Å². The summed E-state index contributed by atoms with van der Waals surface area (Å²) in [5, 5.41) is 6.30. The van der Waals surface area contributed by atoms with Gasteiger partial charge in [0.05, 0.1) is 23.6 Å². The van der Waals surface area contributed by atoms with Crippen molar-refractivity contribution in [3.05, 3.63) is 296 Å². The van der Waals surface area contributed by atoms with E-state index in [2.05, 4.69) is 239 Å². The number of hydrogen-bond donors (Lipinski definition) is 0. The molecule has 5 nitrogen and oxygen atoms in total. The zero-order chi connectivity index (χ0) is 66.0. The number of fused-ring (bicyclic) bond motifs is 10. The summed E-state index contributed by atoms with van der Waals surface area (Å²) in [4.78, 5) is 4.95. The molecule has 0 fully saturated rings. The molecule has 0 saturated carbocycles. The van der Waals surface area contributed by atoms with Gasteiger partial charge in [0.1, 0.15) is 5.82 Å². The van der Waals surface area contributed by atoms with Gasteiger partial charge in [-0.2, -0.15) is 18.2 Å². The minimum atomic E-state index is -3.09. The van der Waals surface area contributed by atoms with Crippen molar-refractivity contribution in [2.24, 2.45) is 0 Å². The molecule has 0 N–H and O–H groups in total. The molecule has 430 valence electrons. The molecule has 1 aliphatic heterocycles. The van der Waals surface area contributed by atoms with Crippen LogP contribution in [0.2, 0.25) is 0 Å². The fourth-order valence-corrected chi connectivity index (χ4v) is 17.9. The van der Waals surface area contributed by atoms with Crippen LogP contribution in [0.1, 0.15) is 69.2 Å². The van der Waals surface area contributed by atoms with Crippen molar-refractivity contribution in [3.8, 4) is 73.2 Å². The first-order valence-corrected chi connectivity index (χ1v) is 31.4. The van der Waals surface area contributed by atoms with E-state index in [4.69, 9.17) is 20.7 Å². The van der Waals surface area contributed by atoms with E-state index >= 15 is 0 Å². The Morgan fingerprint density at radius 1 is 0.511 bits per heavy atom. The van der Waals surface area contributed by atoms with Crippen molar-refractivity contribution >= 4 is 61.7 Å². The Morgan fingerprint density at radius 3 is 1.73 bits per heavy atom. The molecule has 0 amide bonds. The molecule has 0 radical (unpaired) electrons. The van der Waals surface area contributed by atoms with E-state index in [9.17, 15) is 0 Å². The summed E-state index contributed by atoms with van der Waals surface area (Å²) >= 11 is 0. The molecule has 88 heavy (non-hydrogen) atoms. The van der Waals surface area contributed by atoms with Crippen LogP contribution in [0.4, 0.5) is 0 Å². The predicted octanol–water partition coefficient (Wildman–Crippen LogP) is 16.9. The number of nitrogens with zero attached hydrogens (tertiary/aromatic N) is 4. The zero-order valence-corrected chi connectivity index (χ0v) is 52.7. The van der Waals surface area contributed by atoms with Crippen molar-refractivity contribution in [2.45, 2.75) is 59.2 Å². The van der Waals surface area contributed by atoms with Crippen molar-refractivity contribution in [1.82, 2.24) is 14.1 Å². The second-order valence-electron chi connectivity index (χ2n) is 24.5. The normalized spacial score (nSPS) is 13.6. The molecule has 7 heteroatoms. The third kappa shape index (κ3) is 9.40. The fraction of sp³-hybridized carbons (Fsp3) is 0.111. The van der Waals surface area contributed by atoms with Gasteiger partial charge in [-0.05, 0) is 117 Å². The van der Waals surface area contributed by atoms with Gasteiger partial charge in [-0.15, -0.1) is 29.7 Å². The molecule has 0 atom stereocenters. The third-order valence-corrected chi connectivity index (χ3v) is 22.0. The monoisotopic (exact) mass is 1340 g/mol. The maximum Gasteiger partial charge on any atom is 0.268 e. The van der Waals surface area contributed by atoms with Gasteiger partial charge in [0.2, 0.25) is 0 Å². The van der Waals surface area contributed by atoms with E-state index in [-0.39, 0.29) is 54.4 Å². The Labute approximate surface area is 542 Å². The second-order valence-corrected chi connectivity index (χ2v) is 28.4. The van der Waals surface area contributed by atoms with Crippen LogP contribution in [0.3, 0.4) is 0 Å². The van der Waals surface area contributed by atoms with E-state index in [0.29, 0.717) is 28.2 Å². The molecule has 4 heterocycles. The Bertz CT molecular complexity index is 5300. The molecule has 0 unspecified atom stereocenters. The van der Waals surface area contributed by atoms with Gasteiger partial charge in [0.15, 0.2) is 8.07 Å². The van der Waals surface area contributed by atoms with Crippen LogP contribution in [-0.4, -0.2) is 22.2 Å². The standard InChI is InChI=1S/C81H64N4OSi.Pt/c1-54-46-77(82-52-72(54)55-26-12-8-13-27-55)85-74-45-43-63(87(60-30-14-9-15-31-60,61-32-16-10-17-33-61)62-34-18-11-19-35-62)51-70(74)68-44-42-59(50-76(68)85)86-58-29-24-28-57(49-58)83-53-84-78-71(47-56(80(2,3)4)48-73(78)81(5,6)7)67-39-23-21-37-65(67)64-36-20-22-38-66(64)69-40-25-41-75(83)79(69)84;/h8-48,51-52H,1-7H3;/q-2;/i1D3,8D,12D,13D,26D,27D;. The van der Waals surface area contributed by atoms with Crippen LogP contribution in [0.15, 0.2) is 261 Å². The molecule has 3 aromatic heterocycles. The molecular formula is C81H64N4OPtSi-2. The molecule has 1 aliphatic rings. The van der Waals surface area contributed by atoms with Gasteiger partial charge in [-0.1, -0.05) is 259 Å². The molecule has 0 aliphatic carbocycles. The van der Waals surface area contributed by atoms with Crippen LogP contribution in [-0.2, 0) is 31.9 Å². The van der Waals surface area contributed by atoms with E-state index < -0.39 is 45.1 Å². The van der Waals surface area contributed by atoms with E-state index in [1.54, 1.807) is 0 Å². The Kier molecular flexibility index (Phi) is 11.9. The topological polar surface area (TPSA) is 35.9 Å². The molecular weight excluding hydrogens is 1270 g/mol. The summed E-state index contributed by atoms with van der Waals surface area (Å²) in [7, 11) is -3.09. The first kappa shape index (κ1) is 47.7. The fourth-order valence-electron chi connectivity index (χ4n) is 13.1. The van der Waals surface area contributed by atoms with Gasteiger partial charge in [-0.25, -0.2) is 4.98 Å². The minimum absolute atomic E-state index is 0. The zero-order valence-electron chi connectivity index (χ0n) is 57.5. The van der Waals surface area contributed by atoms with Crippen molar-refractivity contribution in [3.63, 3.8) is 0 Å². The second kappa shape index (κ2) is 22.1. The SMILES string of the molecule is [2H]c1c([2H])c([2H])c(-c2cnc(-n3c4[c-]c(Oc5[c-]c(-n6[c-][n+]7c8c(cccc86)-c6ccccc6-c6ccccc6-c6cc(C(C)(C)C)cc(C(C)(C)C)c6-7)ccc5)ccc4c4cc([Si](c5ccccc5)(c5ccccc5)c5ccccc5)ccc43)cc2C([2H])([2H])[2H])c([2H])c1[2H].[Pt]. The average molecular weight is 1340 g/mol. The number of aryl methyl sites for hydroxylation is 1.